The van der Waals surface area contributed by atoms with Crippen LogP contribution in [-0.4, -0.2) is 59.4 Å². The Morgan fingerprint density at radius 1 is 1.00 bits per heavy atom. The monoisotopic (exact) mass is 593 g/mol. The second-order valence-corrected chi connectivity index (χ2v) is 11.1. The van der Waals surface area contributed by atoms with Gasteiger partial charge in [-0.25, -0.2) is 4.98 Å². The van der Waals surface area contributed by atoms with Gasteiger partial charge >= 0.3 is 5.97 Å². The molecule has 1 aromatic heterocycles. The van der Waals surface area contributed by atoms with Crippen LogP contribution in [0.1, 0.15) is 48.8 Å². The Morgan fingerprint density at radius 3 is 2.39 bits per heavy atom. The molecule has 228 valence electrons. The second-order valence-electron chi connectivity index (χ2n) is 11.1. The van der Waals surface area contributed by atoms with Crippen LogP contribution in [0.25, 0.3) is 10.8 Å². The van der Waals surface area contributed by atoms with Crippen LogP contribution < -0.4 is 16.4 Å². The number of rotatable bonds is 12. The van der Waals surface area contributed by atoms with Gasteiger partial charge in [0.25, 0.3) is 0 Å². The molecule has 0 spiro atoms. The van der Waals surface area contributed by atoms with E-state index in [1.807, 2.05) is 85.8 Å². The van der Waals surface area contributed by atoms with E-state index in [0.717, 1.165) is 40.4 Å². The van der Waals surface area contributed by atoms with Crippen LogP contribution in [0.4, 0.5) is 5.82 Å². The number of pyridine rings is 1. The summed E-state index contributed by atoms with van der Waals surface area (Å²) < 4.78 is 5.26. The number of amides is 2. The maximum absolute atomic E-state index is 14.0. The first-order chi connectivity index (χ1) is 21.4. The molecule has 0 aliphatic carbocycles. The van der Waals surface area contributed by atoms with Crippen molar-refractivity contribution in [3.63, 3.8) is 0 Å². The number of benzene rings is 3. The Hall–Kier alpha value is -4.60. The number of imide groups is 1. The summed E-state index contributed by atoms with van der Waals surface area (Å²) in [6, 6.07) is 25.8. The third-order valence-electron chi connectivity index (χ3n) is 8.02. The summed E-state index contributed by atoms with van der Waals surface area (Å²) in [5, 5.41) is 7.71. The van der Waals surface area contributed by atoms with Gasteiger partial charge in [-0.2, -0.15) is 0 Å². The van der Waals surface area contributed by atoms with Crippen LogP contribution in [0.2, 0.25) is 0 Å². The average molecular weight is 594 g/mol. The molecule has 1 fully saturated rings. The van der Waals surface area contributed by atoms with Gasteiger partial charge in [0, 0.05) is 24.0 Å². The van der Waals surface area contributed by atoms with Crippen LogP contribution in [0, 0.1) is 0 Å². The van der Waals surface area contributed by atoms with Crippen molar-refractivity contribution >= 4 is 34.4 Å². The smallest absolute Gasteiger partial charge is 0.319 e. The number of fused-ring (bicyclic) bond motifs is 1. The number of likely N-dealkylation sites (tertiary alicyclic amines) is 1. The molecule has 2 atom stereocenters. The summed E-state index contributed by atoms with van der Waals surface area (Å²) in [4.78, 5) is 46.4. The van der Waals surface area contributed by atoms with Crippen molar-refractivity contribution in [2.45, 2.75) is 50.7 Å². The van der Waals surface area contributed by atoms with Gasteiger partial charge in [0.05, 0.1) is 25.2 Å². The van der Waals surface area contributed by atoms with Crippen LogP contribution in [0.3, 0.4) is 0 Å². The lowest BCUT2D eigenvalue weighted by atomic mass is 9.84. The van der Waals surface area contributed by atoms with Crippen LogP contribution in [0.5, 0.6) is 0 Å². The van der Waals surface area contributed by atoms with Crippen molar-refractivity contribution in [3.05, 3.63) is 108 Å². The molecule has 0 bridgehead atoms. The third kappa shape index (κ3) is 7.48. The van der Waals surface area contributed by atoms with Crippen molar-refractivity contribution in [2.75, 3.05) is 25.4 Å². The molecule has 0 radical (unpaired) electrons. The summed E-state index contributed by atoms with van der Waals surface area (Å²) in [6.45, 7) is 3.36. The van der Waals surface area contributed by atoms with Gasteiger partial charge in [-0.05, 0) is 60.0 Å². The van der Waals surface area contributed by atoms with E-state index in [0.29, 0.717) is 31.8 Å². The van der Waals surface area contributed by atoms with E-state index in [1.165, 1.54) is 0 Å². The molecule has 9 heteroatoms. The Labute approximate surface area is 257 Å². The fourth-order valence-corrected chi connectivity index (χ4v) is 5.90. The van der Waals surface area contributed by atoms with Gasteiger partial charge < -0.3 is 10.5 Å². The standard InChI is InChI=1S/C35H39N5O4/c1-2-20-44-30(41)22-38-32(31(25-10-5-3-6-11-25)26-12-7-4-8-13-26)35(43)39-34(42)29-14-9-19-40(29)23-24-15-16-28-27(21-24)17-18-37-33(28)36/h3-8,10-13,15-18,21,29,31-32,38H,2,9,14,19-20,22-23H2,1H3,(H2,36,37)(H,39,42,43)/t29-,32+/m0/s1. The first-order valence-corrected chi connectivity index (χ1v) is 15.2. The quantitative estimate of drug-likeness (QED) is 0.209. The predicted molar refractivity (Wildman–Crippen MR) is 171 cm³/mol. The minimum Gasteiger partial charge on any atom is -0.465 e. The number of nitrogens with zero attached hydrogens (tertiary/aromatic N) is 2. The number of nitrogen functional groups attached to an aromatic ring is 1. The van der Waals surface area contributed by atoms with Crippen molar-refractivity contribution in [3.8, 4) is 0 Å². The molecule has 0 unspecified atom stereocenters. The number of nitrogens with two attached hydrogens (primary N) is 1. The molecule has 1 aliphatic rings. The number of esters is 1. The molecule has 2 heterocycles. The van der Waals surface area contributed by atoms with Gasteiger partial charge in [-0.1, -0.05) is 79.7 Å². The maximum atomic E-state index is 14.0. The Kier molecular flexibility index (Phi) is 10.3. The number of carbonyl (C=O) groups is 3. The summed E-state index contributed by atoms with van der Waals surface area (Å²) in [5.74, 6) is -1.26. The van der Waals surface area contributed by atoms with Crippen LogP contribution in [-0.2, 0) is 25.7 Å². The van der Waals surface area contributed by atoms with Gasteiger partial charge in [0.2, 0.25) is 11.8 Å². The van der Waals surface area contributed by atoms with Gasteiger partial charge in [-0.3, -0.25) is 29.9 Å². The van der Waals surface area contributed by atoms with Crippen molar-refractivity contribution < 1.29 is 19.1 Å². The largest absolute Gasteiger partial charge is 0.465 e. The lowest BCUT2D eigenvalue weighted by molar-refractivity contribution is -0.142. The van der Waals surface area contributed by atoms with Gasteiger partial charge in [-0.15, -0.1) is 0 Å². The minimum atomic E-state index is -0.910. The number of hydrogen-bond donors (Lipinski definition) is 3. The van der Waals surface area contributed by atoms with E-state index < -0.39 is 29.9 Å². The zero-order valence-corrected chi connectivity index (χ0v) is 24.9. The SMILES string of the molecule is CCCOC(=O)CN[C@@H](C(=O)NC(=O)[C@@H]1CCCN1Cc1ccc2c(N)nccc2c1)C(c1ccccc1)c1ccccc1. The summed E-state index contributed by atoms with van der Waals surface area (Å²) in [5.41, 5.74) is 8.84. The maximum Gasteiger partial charge on any atom is 0.319 e. The molecular formula is C35H39N5O4. The lowest BCUT2D eigenvalue weighted by Crippen LogP contribution is -2.54. The highest BCUT2D eigenvalue weighted by Crippen LogP contribution is 2.29. The lowest BCUT2D eigenvalue weighted by Gasteiger charge is -2.29. The molecular weight excluding hydrogens is 554 g/mol. The average Bonchev–Trinajstić information content (AvgIpc) is 3.51. The zero-order valence-electron chi connectivity index (χ0n) is 24.9. The fourth-order valence-electron chi connectivity index (χ4n) is 5.90. The molecule has 9 nitrogen and oxygen atoms in total. The van der Waals surface area contributed by atoms with Crippen molar-refractivity contribution in [1.82, 2.24) is 20.5 Å². The molecule has 4 N–H and O–H groups in total. The van der Waals surface area contributed by atoms with E-state index in [2.05, 4.69) is 26.6 Å². The molecule has 3 aromatic carbocycles. The molecule has 1 saturated heterocycles. The second kappa shape index (κ2) is 14.7. The Balaban J connectivity index is 1.35. The van der Waals surface area contributed by atoms with E-state index in [4.69, 9.17) is 10.5 Å². The van der Waals surface area contributed by atoms with Crippen LogP contribution >= 0.6 is 0 Å². The van der Waals surface area contributed by atoms with E-state index in [9.17, 15) is 14.4 Å². The zero-order chi connectivity index (χ0) is 30.9. The highest BCUT2D eigenvalue weighted by molar-refractivity contribution is 6.01. The first kappa shape index (κ1) is 30.8. The van der Waals surface area contributed by atoms with Crippen molar-refractivity contribution in [1.29, 1.82) is 0 Å². The number of hydrogen-bond acceptors (Lipinski definition) is 8. The normalized spacial score (nSPS) is 15.7. The van der Waals surface area contributed by atoms with Crippen molar-refractivity contribution in [2.24, 2.45) is 0 Å². The summed E-state index contributed by atoms with van der Waals surface area (Å²) in [7, 11) is 0. The minimum absolute atomic E-state index is 0.167. The first-order valence-electron chi connectivity index (χ1n) is 15.2. The molecule has 44 heavy (non-hydrogen) atoms. The summed E-state index contributed by atoms with van der Waals surface area (Å²) >= 11 is 0. The topological polar surface area (TPSA) is 127 Å². The van der Waals surface area contributed by atoms with E-state index in [-0.39, 0.29) is 12.5 Å². The number of ether oxygens (including phenoxy) is 1. The Morgan fingerprint density at radius 2 is 1.70 bits per heavy atom. The summed E-state index contributed by atoms with van der Waals surface area (Å²) in [6.07, 6.45) is 3.87. The number of aromatic nitrogens is 1. The van der Waals surface area contributed by atoms with E-state index in [1.54, 1.807) is 6.20 Å². The highest BCUT2D eigenvalue weighted by atomic mass is 16.5. The molecule has 5 rings (SSSR count). The van der Waals surface area contributed by atoms with Gasteiger partial charge in [0.1, 0.15) is 5.82 Å². The highest BCUT2D eigenvalue weighted by Gasteiger charge is 2.36. The molecule has 4 aromatic rings. The number of carbonyl (C=O) groups excluding carboxylic acids is 3. The molecule has 2 amide bonds. The predicted octanol–water partition coefficient (Wildman–Crippen LogP) is 4.17. The van der Waals surface area contributed by atoms with Gasteiger partial charge in [0.15, 0.2) is 0 Å². The van der Waals surface area contributed by atoms with E-state index >= 15 is 0 Å². The fraction of sp³-hybridized carbons (Fsp3) is 0.314. The number of nitrogens with one attached hydrogen (secondary N) is 2. The third-order valence-corrected chi connectivity index (χ3v) is 8.02. The molecule has 1 aliphatic heterocycles. The number of anilines is 1. The Bertz CT molecular complexity index is 1540. The van der Waals surface area contributed by atoms with Crippen LogP contribution in [0.15, 0.2) is 91.1 Å². The molecule has 0 saturated carbocycles.